The molecule has 29 heavy (non-hydrogen) atoms. The molecule has 2 aromatic carbocycles. The van der Waals surface area contributed by atoms with Crippen LogP contribution in [0, 0.1) is 0 Å². The van der Waals surface area contributed by atoms with Crippen molar-refractivity contribution in [3.63, 3.8) is 0 Å². The second-order valence-electron chi connectivity index (χ2n) is 6.17. The van der Waals surface area contributed by atoms with Crippen LogP contribution in [0.15, 0.2) is 84.2 Å². The van der Waals surface area contributed by atoms with Gasteiger partial charge in [-0.2, -0.15) is 0 Å². The van der Waals surface area contributed by atoms with Crippen molar-refractivity contribution in [3.05, 3.63) is 104 Å². The number of thiophene rings is 2. The predicted molar refractivity (Wildman–Crippen MR) is 116 cm³/mol. The molecule has 4 aromatic rings. The van der Waals surface area contributed by atoms with Gasteiger partial charge in [-0.1, -0.05) is 36.4 Å². The smallest absolute Gasteiger partial charge is 0.255 e. The molecule has 0 bridgehead atoms. The number of benzene rings is 2. The summed E-state index contributed by atoms with van der Waals surface area (Å²) in [6, 6.07) is 23.8. The summed E-state index contributed by atoms with van der Waals surface area (Å²) in [4.78, 5) is 27.4. The van der Waals surface area contributed by atoms with Gasteiger partial charge in [0.2, 0.25) is 5.78 Å². The summed E-state index contributed by atoms with van der Waals surface area (Å²) in [6.45, 7) is 0.348. The van der Waals surface area contributed by atoms with Crippen LogP contribution in [-0.4, -0.2) is 11.7 Å². The predicted octanol–water partition coefficient (Wildman–Crippen LogP) is 5.76. The summed E-state index contributed by atoms with van der Waals surface area (Å²) < 4.78 is 5.86. The van der Waals surface area contributed by atoms with E-state index in [0.29, 0.717) is 28.5 Å². The number of para-hydroxylation sites is 2. The van der Waals surface area contributed by atoms with Gasteiger partial charge < -0.3 is 10.1 Å². The van der Waals surface area contributed by atoms with E-state index in [0.717, 1.165) is 9.75 Å². The topological polar surface area (TPSA) is 55.4 Å². The number of carbonyl (C=O) groups excluding carboxylic acids is 2. The van der Waals surface area contributed by atoms with E-state index in [-0.39, 0.29) is 11.7 Å². The maximum Gasteiger partial charge on any atom is 0.255 e. The van der Waals surface area contributed by atoms with E-state index in [1.54, 1.807) is 24.3 Å². The molecule has 144 valence electrons. The fourth-order valence-electron chi connectivity index (χ4n) is 2.75. The Labute approximate surface area is 176 Å². The fraction of sp³-hybridized carbons (Fsp3) is 0.0435. The van der Waals surface area contributed by atoms with Gasteiger partial charge in [0, 0.05) is 4.88 Å². The Morgan fingerprint density at radius 2 is 1.62 bits per heavy atom. The van der Waals surface area contributed by atoms with Gasteiger partial charge in [-0.15, -0.1) is 22.7 Å². The van der Waals surface area contributed by atoms with Crippen molar-refractivity contribution in [2.75, 3.05) is 0 Å². The first kappa shape index (κ1) is 19.1. The van der Waals surface area contributed by atoms with E-state index in [1.165, 1.54) is 22.7 Å². The molecule has 0 atom stereocenters. The van der Waals surface area contributed by atoms with Crippen molar-refractivity contribution >= 4 is 34.4 Å². The molecule has 4 nitrogen and oxygen atoms in total. The monoisotopic (exact) mass is 419 g/mol. The van der Waals surface area contributed by atoms with Crippen LogP contribution in [0.1, 0.15) is 29.8 Å². The van der Waals surface area contributed by atoms with Crippen LogP contribution in [0.2, 0.25) is 0 Å². The molecule has 2 aromatic heterocycles. The van der Waals surface area contributed by atoms with E-state index in [1.807, 2.05) is 60.0 Å². The molecule has 0 aliphatic carbocycles. The summed E-state index contributed by atoms with van der Waals surface area (Å²) in [5.41, 5.74) is 0.461. The maximum absolute atomic E-state index is 12.7. The quantitative estimate of drug-likeness (QED) is 0.387. The van der Waals surface area contributed by atoms with E-state index in [2.05, 4.69) is 5.32 Å². The lowest BCUT2D eigenvalue weighted by Gasteiger charge is -2.11. The molecule has 1 amide bonds. The Kier molecular flexibility index (Phi) is 5.84. The molecule has 0 saturated heterocycles. The van der Waals surface area contributed by atoms with Crippen molar-refractivity contribution in [3.8, 4) is 11.5 Å². The molecular weight excluding hydrogens is 402 g/mol. The van der Waals surface area contributed by atoms with Crippen LogP contribution in [0.4, 0.5) is 0 Å². The molecule has 0 saturated carbocycles. The van der Waals surface area contributed by atoms with Crippen LogP contribution in [0.25, 0.3) is 0 Å². The van der Waals surface area contributed by atoms with E-state index in [4.69, 9.17) is 4.74 Å². The average Bonchev–Trinajstić information content (AvgIpc) is 3.45. The summed E-state index contributed by atoms with van der Waals surface area (Å²) in [5.74, 6) is 0.957. The molecular formula is C23H17NO3S2. The Bertz CT molecular complexity index is 1120. The molecule has 6 heteroatoms. The standard InChI is InChI=1S/C23H17NO3S2/c25-22(20-11-6-14-28-20)21-13-12-17(29-21)15-24-23(26)18-9-4-5-10-19(18)27-16-7-2-1-3-8-16/h1-14H,15H2,(H,24,26). The lowest BCUT2D eigenvalue weighted by atomic mass is 10.2. The average molecular weight is 420 g/mol. The van der Waals surface area contributed by atoms with Crippen molar-refractivity contribution in [2.45, 2.75) is 6.54 Å². The summed E-state index contributed by atoms with van der Waals surface area (Å²) in [6.07, 6.45) is 0. The second kappa shape index (κ2) is 8.86. The minimum absolute atomic E-state index is 0.0178. The number of nitrogens with one attached hydrogen (secondary N) is 1. The highest BCUT2D eigenvalue weighted by Gasteiger charge is 2.15. The minimum Gasteiger partial charge on any atom is -0.457 e. The number of rotatable bonds is 7. The molecule has 0 aliphatic heterocycles. The van der Waals surface area contributed by atoms with E-state index >= 15 is 0 Å². The normalized spacial score (nSPS) is 10.5. The molecule has 0 fully saturated rings. The Morgan fingerprint density at radius 3 is 2.41 bits per heavy atom. The molecule has 0 unspecified atom stereocenters. The van der Waals surface area contributed by atoms with Crippen LogP contribution in [0.3, 0.4) is 0 Å². The number of hydrogen-bond acceptors (Lipinski definition) is 5. The third-order valence-electron chi connectivity index (χ3n) is 4.16. The Morgan fingerprint density at radius 1 is 0.828 bits per heavy atom. The molecule has 1 N–H and O–H groups in total. The first-order chi connectivity index (χ1) is 14.2. The third-order valence-corrected chi connectivity index (χ3v) is 6.11. The largest absolute Gasteiger partial charge is 0.457 e. The van der Waals surface area contributed by atoms with Crippen LogP contribution in [0.5, 0.6) is 11.5 Å². The van der Waals surface area contributed by atoms with Crippen molar-refractivity contribution < 1.29 is 14.3 Å². The molecule has 4 rings (SSSR count). The number of amides is 1. The molecule has 0 spiro atoms. The number of hydrogen-bond donors (Lipinski definition) is 1. The van der Waals surface area contributed by atoms with Crippen molar-refractivity contribution in [2.24, 2.45) is 0 Å². The van der Waals surface area contributed by atoms with Crippen molar-refractivity contribution in [1.29, 1.82) is 0 Å². The Balaban J connectivity index is 1.42. The van der Waals surface area contributed by atoms with Crippen LogP contribution in [-0.2, 0) is 6.54 Å². The lowest BCUT2D eigenvalue weighted by molar-refractivity contribution is 0.0948. The van der Waals surface area contributed by atoms with Gasteiger partial charge in [0.25, 0.3) is 5.91 Å². The molecule has 0 aliphatic rings. The van der Waals surface area contributed by atoms with Gasteiger partial charge >= 0.3 is 0 Å². The van der Waals surface area contributed by atoms with Gasteiger partial charge in [-0.25, -0.2) is 0 Å². The Hall–Kier alpha value is -3.22. The van der Waals surface area contributed by atoms with Gasteiger partial charge in [0.05, 0.1) is 21.9 Å². The second-order valence-corrected chi connectivity index (χ2v) is 8.28. The van der Waals surface area contributed by atoms with Gasteiger partial charge in [-0.05, 0) is 47.8 Å². The number of ether oxygens (including phenoxy) is 1. The van der Waals surface area contributed by atoms with Crippen LogP contribution < -0.4 is 10.1 Å². The zero-order valence-corrected chi connectivity index (χ0v) is 17.0. The molecule has 0 radical (unpaired) electrons. The minimum atomic E-state index is -0.226. The number of carbonyl (C=O) groups is 2. The highest BCUT2D eigenvalue weighted by Crippen LogP contribution is 2.26. The van der Waals surface area contributed by atoms with Crippen molar-refractivity contribution in [1.82, 2.24) is 5.32 Å². The van der Waals surface area contributed by atoms with Gasteiger partial charge in [-0.3, -0.25) is 9.59 Å². The summed E-state index contributed by atoms with van der Waals surface area (Å²) >= 11 is 2.82. The maximum atomic E-state index is 12.7. The first-order valence-electron chi connectivity index (χ1n) is 8.98. The summed E-state index contributed by atoms with van der Waals surface area (Å²) in [7, 11) is 0. The van der Waals surface area contributed by atoms with E-state index < -0.39 is 0 Å². The van der Waals surface area contributed by atoms with Gasteiger partial charge in [0.15, 0.2) is 0 Å². The lowest BCUT2D eigenvalue weighted by Crippen LogP contribution is -2.22. The van der Waals surface area contributed by atoms with E-state index in [9.17, 15) is 9.59 Å². The zero-order valence-electron chi connectivity index (χ0n) is 15.3. The zero-order chi connectivity index (χ0) is 20.1. The summed E-state index contributed by atoms with van der Waals surface area (Å²) in [5, 5.41) is 4.80. The highest BCUT2D eigenvalue weighted by atomic mass is 32.1. The number of ketones is 1. The fourth-order valence-corrected chi connectivity index (χ4v) is 4.39. The SMILES string of the molecule is O=C(c1cccs1)c1ccc(CNC(=O)c2ccccc2Oc2ccccc2)s1. The van der Waals surface area contributed by atoms with Gasteiger partial charge in [0.1, 0.15) is 11.5 Å². The first-order valence-corrected chi connectivity index (χ1v) is 10.7. The van der Waals surface area contributed by atoms with Crippen LogP contribution >= 0.6 is 22.7 Å². The highest BCUT2D eigenvalue weighted by molar-refractivity contribution is 7.16. The molecule has 2 heterocycles. The third kappa shape index (κ3) is 4.62.